The summed E-state index contributed by atoms with van der Waals surface area (Å²) in [6.07, 6.45) is 6.76. The van der Waals surface area contributed by atoms with Gasteiger partial charge in [-0.3, -0.25) is 19.6 Å². The molecule has 2 amide bonds. The molecule has 4 heterocycles. The Morgan fingerprint density at radius 1 is 0.940 bits per heavy atom. The third-order valence-electron chi connectivity index (χ3n) is 9.53. The van der Waals surface area contributed by atoms with E-state index in [2.05, 4.69) is 43.7 Å². The fraction of sp³-hybridized carbons (Fsp3) is 0.289. The maximum absolute atomic E-state index is 13.7. The standard InChI is InChI=1S/C38H39N7O5/c46-20-21-50-31-9-6-28(7-10-31)35-32-22-30(8-11-33(32)42-43-35)41-37(49)38(25-47)14-19-44(24-38)23-34(48)45-17-12-27(13-18-45)26-2-4-29(5-3-26)36-39-15-1-16-40-36/h1-12,15-16,22,46-47H,13-14,17-21,23-25H2,(H,41,49)(H,42,43)/t38-/m1/s1. The van der Waals surface area contributed by atoms with Gasteiger partial charge in [-0.2, -0.15) is 5.10 Å². The van der Waals surface area contributed by atoms with Gasteiger partial charge in [0.1, 0.15) is 12.4 Å². The zero-order valence-corrected chi connectivity index (χ0v) is 27.6. The minimum absolute atomic E-state index is 0.0111. The lowest BCUT2D eigenvalue weighted by atomic mass is 9.87. The fourth-order valence-electron chi connectivity index (χ4n) is 6.66. The fourth-order valence-corrected chi connectivity index (χ4v) is 6.66. The van der Waals surface area contributed by atoms with Crippen LogP contribution in [0.4, 0.5) is 5.69 Å². The Morgan fingerprint density at radius 2 is 1.70 bits per heavy atom. The molecule has 0 unspecified atom stereocenters. The molecule has 3 aromatic carbocycles. The average molecular weight is 674 g/mol. The number of nitrogens with zero attached hydrogens (tertiary/aromatic N) is 5. The van der Waals surface area contributed by atoms with Crippen molar-refractivity contribution in [2.24, 2.45) is 5.41 Å². The third kappa shape index (κ3) is 6.99. The van der Waals surface area contributed by atoms with E-state index in [9.17, 15) is 14.7 Å². The van der Waals surface area contributed by atoms with Crippen molar-refractivity contribution in [3.8, 4) is 28.4 Å². The molecule has 1 saturated heterocycles. The number of likely N-dealkylation sites (tertiary alicyclic amines) is 1. The molecule has 0 radical (unpaired) electrons. The molecule has 12 nitrogen and oxygen atoms in total. The largest absolute Gasteiger partial charge is 0.491 e. The van der Waals surface area contributed by atoms with Gasteiger partial charge in [0.2, 0.25) is 11.8 Å². The van der Waals surface area contributed by atoms with Gasteiger partial charge in [-0.1, -0.05) is 30.3 Å². The maximum Gasteiger partial charge on any atom is 0.237 e. The molecule has 1 fully saturated rings. The number of aliphatic hydroxyl groups excluding tert-OH is 2. The Morgan fingerprint density at radius 3 is 2.42 bits per heavy atom. The Bertz CT molecular complexity index is 2000. The number of nitrogens with one attached hydrogen (secondary N) is 2. The van der Waals surface area contributed by atoms with Crippen molar-refractivity contribution in [2.45, 2.75) is 12.8 Å². The smallest absolute Gasteiger partial charge is 0.237 e. The zero-order chi connectivity index (χ0) is 34.5. The van der Waals surface area contributed by atoms with Crippen LogP contribution < -0.4 is 10.1 Å². The van der Waals surface area contributed by atoms with Crippen LogP contribution in [-0.4, -0.2) is 105 Å². The minimum atomic E-state index is -1.02. The van der Waals surface area contributed by atoms with Crippen LogP contribution in [-0.2, 0) is 9.59 Å². The molecule has 50 heavy (non-hydrogen) atoms. The summed E-state index contributed by atoms with van der Waals surface area (Å²) < 4.78 is 5.46. The van der Waals surface area contributed by atoms with Crippen LogP contribution in [0.3, 0.4) is 0 Å². The van der Waals surface area contributed by atoms with Crippen LogP contribution in [0.5, 0.6) is 5.75 Å². The number of H-pyrrole nitrogens is 1. The van der Waals surface area contributed by atoms with Crippen molar-refractivity contribution in [1.29, 1.82) is 0 Å². The lowest BCUT2D eigenvalue weighted by molar-refractivity contribution is -0.133. The predicted molar refractivity (Wildman–Crippen MR) is 190 cm³/mol. The van der Waals surface area contributed by atoms with Crippen molar-refractivity contribution in [3.05, 3.63) is 96.8 Å². The van der Waals surface area contributed by atoms with Gasteiger partial charge in [0, 0.05) is 54.2 Å². The lowest BCUT2D eigenvalue weighted by Gasteiger charge is -2.29. The second kappa shape index (κ2) is 14.6. The first-order valence-electron chi connectivity index (χ1n) is 16.8. The number of carbonyl (C=O) groups excluding carboxylic acids is 2. The first-order chi connectivity index (χ1) is 24.4. The number of fused-ring (bicyclic) bond motifs is 1. The molecule has 2 aromatic heterocycles. The van der Waals surface area contributed by atoms with Gasteiger partial charge >= 0.3 is 0 Å². The van der Waals surface area contributed by atoms with E-state index >= 15 is 0 Å². The molecule has 1 atom stereocenters. The summed E-state index contributed by atoms with van der Waals surface area (Å²) in [6.45, 7) is 2.00. The van der Waals surface area contributed by atoms with Gasteiger partial charge in [0.05, 0.1) is 36.4 Å². The number of anilines is 1. The Labute approximate surface area is 289 Å². The SMILES string of the molecule is O=C(CN1CC[C@@](CO)(C(=O)Nc2ccc3[nH]nc(-c4ccc(OCCO)cc4)c3c2)C1)N1CC=C(c2ccc(-c3ncccn3)cc2)CC1. The van der Waals surface area contributed by atoms with Gasteiger partial charge in [-0.05, 0) is 79.1 Å². The molecule has 4 N–H and O–H groups in total. The van der Waals surface area contributed by atoms with Crippen LogP contribution in [0.25, 0.3) is 39.1 Å². The van der Waals surface area contributed by atoms with Crippen LogP contribution in [0.15, 0.2) is 91.3 Å². The molecule has 5 aromatic rings. The molecular weight excluding hydrogens is 634 g/mol. The first-order valence-corrected chi connectivity index (χ1v) is 16.8. The quantitative estimate of drug-likeness (QED) is 0.163. The van der Waals surface area contributed by atoms with E-state index in [-0.39, 0.29) is 44.7 Å². The Hall–Kier alpha value is -5.43. The van der Waals surface area contributed by atoms with Crippen molar-refractivity contribution in [2.75, 3.05) is 57.9 Å². The minimum Gasteiger partial charge on any atom is -0.491 e. The van der Waals surface area contributed by atoms with Gasteiger partial charge in [-0.25, -0.2) is 9.97 Å². The second-order valence-electron chi connectivity index (χ2n) is 12.8. The summed E-state index contributed by atoms with van der Waals surface area (Å²) in [5, 5.41) is 30.8. The van der Waals surface area contributed by atoms with E-state index in [1.165, 1.54) is 5.57 Å². The number of benzene rings is 3. The van der Waals surface area contributed by atoms with Gasteiger partial charge < -0.3 is 25.2 Å². The molecule has 7 rings (SSSR count). The zero-order valence-electron chi connectivity index (χ0n) is 27.6. The monoisotopic (exact) mass is 673 g/mol. The number of hydrogen-bond donors (Lipinski definition) is 4. The summed E-state index contributed by atoms with van der Waals surface area (Å²) in [5.74, 6) is 1.07. The third-order valence-corrected chi connectivity index (χ3v) is 9.53. The number of aliphatic hydroxyl groups is 2. The second-order valence-corrected chi connectivity index (χ2v) is 12.8. The summed E-state index contributed by atoms with van der Waals surface area (Å²) in [4.78, 5) is 39.4. The van der Waals surface area contributed by atoms with Crippen molar-refractivity contribution in [1.82, 2.24) is 30.0 Å². The highest BCUT2D eigenvalue weighted by Gasteiger charge is 2.45. The highest BCUT2D eigenvalue weighted by Crippen LogP contribution is 2.34. The molecule has 2 aliphatic heterocycles. The van der Waals surface area contributed by atoms with Gasteiger partial charge in [0.15, 0.2) is 5.82 Å². The van der Waals surface area contributed by atoms with Crippen molar-refractivity contribution in [3.63, 3.8) is 0 Å². The number of aromatic nitrogens is 4. The number of rotatable bonds is 11. The molecule has 2 aliphatic rings. The van der Waals surface area contributed by atoms with E-state index in [4.69, 9.17) is 9.84 Å². The van der Waals surface area contributed by atoms with Crippen LogP contribution in [0.1, 0.15) is 18.4 Å². The summed E-state index contributed by atoms with van der Waals surface area (Å²) in [5.41, 5.74) is 5.26. The summed E-state index contributed by atoms with van der Waals surface area (Å²) in [7, 11) is 0. The first kappa shape index (κ1) is 33.1. The summed E-state index contributed by atoms with van der Waals surface area (Å²) >= 11 is 0. The lowest BCUT2D eigenvalue weighted by Crippen LogP contribution is -2.45. The molecule has 256 valence electrons. The van der Waals surface area contributed by atoms with Crippen LogP contribution in [0.2, 0.25) is 0 Å². The van der Waals surface area contributed by atoms with E-state index in [0.29, 0.717) is 43.3 Å². The number of hydrogen-bond acceptors (Lipinski definition) is 9. The van der Waals surface area contributed by atoms with Gasteiger partial charge in [-0.15, -0.1) is 0 Å². The number of ether oxygens (including phenoxy) is 1. The number of amides is 2. The van der Waals surface area contributed by atoms with E-state index in [0.717, 1.165) is 39.7 Å². The summed E-state index contributed by atoms with van der Waals surface area (Å²) in [6, 6.07) is 22.9. The number of carbonyl (C=O) groups is 2. The maximum atomic E-state index is 13.7. The topological polar surface area (TPSA) is 157 Å². The van der Waals surface area contributed by atoms with E-state index < -0.39 is 5.41 Å². The average Bonchev–Trinajstić information content (AvgIpc) is 3.79. The molecule has 0 saturated carbocycles. The molecule has 0 aliphatic carbocycles. The van der Waals surface area contributed by atoms with Gasteiger partial charge in [0.25, 0.3) is 0 Å². The van der Waals surface area contributed by atoms with Crippen molar-refractivity contribution >= 4 is 34.0 Å². The van der Waals surface area contributed by atoms with Crippen LogP contribution >= 0.6 is 0 Å². The van der Waals surface area contributed by atoms with E-state index in [1.807, 2.05) is 58.3 Å². The Kier molecular flexibility index (Phi) is 9.65. The van der Waals surface area contributed by atoms with Crippen molar-refractivity contribution < 1.29 is 24.5 Å². The highest BCUT2D eigenvalue weighted by atomic mass is 16.5. The Balaban J connectivity index is 0.953. The number of aromatic amines is 1. The predicted octanol–water partition coefficient (Wildman–Crippen LogP) is 4.00. The molecule has 0 bridgehead atoms. The van der Waals surface area contributed by atoms with Crippen LogP contribution in [0, 0.1) is 5.41 Å². The molecule has 12 heteroatoms. The van der Waals surface area contributed by atoms with E-state index in [1.54, 1.807) is 24.5 Å². The molecular formula is C38H39N7O5. The normalized spacial score (nSPS) is 17.9. The molecule has 0 spiro atoms. The highest BCUT2D eigenvalue weighted by molar-refractivity contribution is 6.00.